The van der Waals surface area contributed by atoms with Crippen molar-refractivity contribution in [3.8, 4) is 0 Å². The van der Waals surface area contributed by atoms with E-state index in [1.165, 1.54) is 38.5 Å². The maximum Gasteiger partial charge on any atom is -0.00461 e. The molecule has 0 saturated heterocycles. The number of rotatable bonds is 2. The van der Waals surface area contributed by atoms with Gasteiger partial charge in [-0.1, -0.05) is 27.2 Å². The standard InChI is InChI=1S/C16H31N/c1-11-4-5-14(10-17)16(9-11)15-7-12(2)6-13(3)8-15/h11-16H,4-10,17H2,1-3H3. The maximum absolute atomic E-state index is 6.02. The third-order valence-electron chi connectivity index (χ3n) is 5.43. The Morgan fingerprint density at radius 3 is 2.06 bits per heavy atom. The largest absolute Gasteiger partial charge is 0.330 e. The van der Waals surface area contributed by atoms with Crippen LogP contribution in [-0.4, -0.2) is 6.54 Å². The highest BCUT2D eigenvalue weighted by Crippen LogP contribution is 2.45. The summed E-state index contributed by atoms with van der Waals surface area (Å²) in [5.74, 6) is 5.57. The van der Waals surface area contributed by atoms with Gasteiger partial charge in [-0.05, 0) is 74.2 Å². The van der Waals surface area contributed by atoms with Gasteiger partial charge in [-0.25, -0.2) is 0 Å². The van der Waals surface area contributed by atoms with Crippen LogP contribution >= 0.6 is 0 Å². The quantitative estimate of drug-likeness (QED) is 0.770. The maximum atomic E-state index is 6.02. The summed E-state index contributed by atoms with van der Waals surface area (Å²) in [5, 5.41) is 0. The summed E-state index contributed by atoms with van der Waals surface area (Å²) in [5.41, 5.74) is 6.02. The van der Waals surface area contributed by atoms with Crippen LogP contribution in [0.2, 0.25) is 0 Å². The zero-order chi connectivity index (χ0) is 12.4. The van der Waals surface area contributed by atoms with E-state index in [-0.39, 0.29) is 0 Å². The van der Waals surface area contributed by atoms with Gasteiger partial charge < -0.3 is 5.73 Å². The van der Waals surface area contributed by atoms with Gasteiger partial charge in [-0.15, -0.1) is 0 Å². The van der Waals surface area contributed by atoms with Gasteiger partial charge in [0.15, 0.2) is 0 Å². The highest BCUT2D eigenvalue weighted by molar-refractivity contribution is 4.87. The molecule has 0 aliphatic heterocycles. The molecule has 5 atom stereocenters. The molecule has 2 saturated carbocycles. The lowest BCUT2D eigenvalue weighted by molar-refractivity contribution is 0.0736. The van der Waals surface area contributed by atoms with Crippen LogP contribution < -0.4 is 5.73 Å². The first-order chi connectivity index (χ1) is 8.10. The summed E-state index contributed by atoms with van der Waals surface area (Å²) in [4.78, 5) is 0. The van der Waals surface area contributed by atoms with Crippen LogP contribution in [0.4, 0.5) is 0 Å². The van der Waals surface area contributed by atoms with Crippen molar-refractivity contribution in [2.45, 2.75) is 59.3 Å². The molecule has 2 aliphatic carbocycles. The van der Waals surface area contributed by atoms with Crippen molar-refractivity contribution in [3.05, 3.63) is 0 Å². The summed E-state index contributed by atoms with van der Waals surface area (Å²) in [6, 6.07) is 0. The molecule has 100 valence electrons. The Morgan fingerprint density at radius 2 is 1.47 bits per heavy atom. The van der Waals surface area contributed by atoms with Crippen molar-refractivity contribution in [2.24, 2.45) is 41.2 Å². The predicted molar refractivity (Wildman–Crippen MR) is 74.7 cm³/mol. The topological polar surface area (TPSA) is 26.0 Å². The molecule has 1 nitrogen and oxygen atoms in total. The van der Waals surface area contributed by atoms with E-state index >= 15 is 0 Å². The number of nitrogens with two attached hydrogens (primary N) is 1. The van der Waals surface area contributed by atoms with Crippen molar-refractivity contribution in [3.63, 3.8) is 0 Å². The van der Waals surface area contributed by atoms with Crippen molar-refractivity contribution < 1.29 is 0 Å². The van der Waals surface area contributed by atoms with E-state index in [1.807, 2.05) is 0 Å². The Balaban J connectivity index is 2.02. The Kier molecular flexibility index (Phi) is 4.52. The van der Waals surface area contributed by atoms with Crippen LogP contribution in [0.25, 0.3) is 0 Å². The molecule has 0 bridgehead atoms. The molecule has 0 spiro atoms. The van der Waals surface area contributed by atoms with Crippen molar-refractivity contribution in [1.29, 1.82) is 0 Å². The molecule has 0 aromatic rings. The first kappa shape index (κ1) is 13.4. The van der Waals surface area contributed by atoms with Gasteiger partial charge in [0, 0.05) is 0 Å². The molecule has 2 fully saturated rings. The minimum Gasteiger partial charge on any atom is -0.330 e. The lowest BCUT2D eigenvalue weighted by Crippen LogP contribution is -2.37. The molecule has 0 aromatic heterocycles. The summed E-state index contributed by atoms with van der Waals surface area (Å²) in [6.45, 7) is 8.27. The minimum atomic E-state index is 0.827. The first-order valence-electron chi connectivity index (χ1n) is 7.80. The number of hydrogen-bond acceptors (Lipinski definition) is 1. The van der Waals surface area contributed by atoms with Gasteiger partial charge >= 0.3 is 0 Å². The molecule has 5 unspecified atom stereocenters. The summed E-state index contributed by atoms with van der Waals surface area (Å²) >= 11 is 0. The van der Waals surface area contributed by atoms with Gasteiger partial charge in [0.1, 0.15) is 0 Å². The van der Waals surface area contributed by atoms with Crippen molar-refractivity contribution >= 4 is 0 Å². The average molecular weight is 237 g/mol. The Bertz CT molecular complexity index is 228. The zero-order valence-corrected chi connectivity index (χ0v) is 12.0. The highest BCUT2D eigenvalue weighted by atomic mass is 14.6. The molecular formula is C16H31N. The molecule has 2 aliphatic rings. The van der Waals surface area contributed by atoms with E-state index in [4.69, 9.17) is 5.73 Å². The molecule has 0 heterocycles. The first-order valence-corrected chi connectivity index (χ1v) is 7.80. The minimum absolute atomic E-state index is 0.827. The third kappa shape index (κ3) is 3.24. The molecular weight excluding hydrogens is 206 g/mol. The fourth-order valence-corrected chi connectivity index (χ4v) is 4.72. The van der Waals surface area contributed by atoms with Gasteiger partial charge in [0.25, 0.3) is 0 Å². The second-order valence-corrected chi connectivity index (χ2v) is 7.26. The average Bonchev–Trinajstić information content (AvgIpc) is 2.27. The van der Waals surface area contributed by atoms with Crippen LogP contribution in [0.1, 0.15) is 59.3 Å². The second-order valence-electron chi connectivity index (χ2n) is 7.26. The smallest absolute Gasteiger partial charge is 0.00461 e. The van der Waals surface area contributed by atoms with E-state index in [9.17, 15) is 0 Å². The molecule has 2 rings (SSSR count). The van der Waals surface area contributed by atoms with Crippen molar-refractivity contribution in [1.82, 2.24) is 0 Å². The van der Waals surface area contributed by atoms with E-state index in [0.717, 1.165) is 42.1 Å². The van der Waals surface area contributed by atoms with E-state index in [1.54, 1.807) is 0 Å². The predicted octanol–water partition coefficient (Wildman–Crippen LogP) is 4.07. The fraction of sp³-hybridized carbons (Fsp3) is 1.00. The van der Waals surface area contributed by atoms with Crippen LogP contribution in [0.3, 0.4) is 0 Å². The normalized spacial score (nSPS) is 48.0. The van der Waals surface area contributed by atoms with Gasteiger partial charge in [0.05, 0.1) is 0 Å². The molecule has 2 N–H and O–H groups in total. The zero-order valence-electron chi connectivity index (χ0n) is 12.0. The van der Waals surface area contributed by atoms with Gasteiger partial charge in [-0.3, -0.25) is 0 Å². The number of hydrogen-bond donors (Lipinski definition) is 1. The Labute approximate surface area is 108 Å². The van der Waals surface area contributed by atoms with Gasteiger partial charge in [0.2, 0.25) is 0 Å². The fourth-order valence-electron chi connectivity index (χ4n) is 4.72. The van der Waals surface area contributed by atoms with E-state index in [2.05, 4.69) is 20.8 Å². The summed E-state index contributed by atoms with van der Waals surface area (Å²) in [7, 11) is 0. The van der Waals surface area contributed by atoms with Crippen LogP contribution in [0.5, 0.6) is 0 Å². The lowest BCUT2D eigenvalue weighted by Gasteiger charge is -2.43. The second kappa shape index (κ2) is 5.73. The lowest BCUT2D eigenvalue weighted by atomic mass is 9.62. The highest BCUT2D eigenvalue weighted by Gasteiger charge is 2.36. The van der Waals surface area contributed by atoms with Crippen LogP contribution in [-0.2, 0) is 0 Å². The Hall–Kier alpha value is -0.0400. The van der Waals surface area contributed by atoms with E-state index < -0.39 is 0 Å². The van der Waals surface area contributed by atoms with Crippen LogP contribution in [0.15, 0.2) is 0 Å². The molecule has 17 heavy (non-hydrogen) atoms. The van der Waals surface area contributed by atoms with Gasteiger partial charge in [-0.2, -0.15) is 0 Å². The third-order valence-corrected chi connectivity index (χ3v) is 5.43. The molecule has 0 amide bonds. The molecule has 0 aromatic carbocycles. The van der Waals surface area contributed by atoms with E-state index in [0.29, 0.717) is 0 Å². The molecule has 0 radical (unpaired) electrons. The van der Waals surface area contributed by atoms with Crippen molar-refractivity contribution in [2.75, 3.05) is 6.54 Å². The summed E-state index contributed by atoms with van der Waals surface area (Å²) in [6.07, 6.45) is 8.65. The van der Waals surface area contributed by atoms with Crippen LogP contribution in [0, 0.1) is 35.5 Å². The monoisotopic (exact) mass is 237 g/mol. The molecule has 1 heteroatoms. The SMILES string of the molecule is CC1CC(C)CC(C2CC(C)CCC2CN)C1. The summed E-state index contributed by atoms with van der Waals surface area (Å²) < 4.78 is 0. The Morgan fingerprint density at radius 1 is 0.824 bits per heavy atom.